The van der Waals surface area contributed by atoms with Crippen molar-refractivity contribution in [1.82, 2.24) is 4.72 Å². The third-order valence-corrected chi connectivity index (χ3v) is 6.44. The number of carbonyl (C=O) groups is 1. The Bertz CT molecular complexity index is 708. The van der Waals surface area contributed by atoms with Gasteiger partial charge in [0.1, 0.15) is 0 Å². The van der Waals surface area contributed by atoms with Crippen LogP contribution in [0.2, 0.25) is 0 Å². The highest BCUT2D eigenvalue weighted by Gasteiger charge is 2.38. The molecule has 0 unspecified atom stereocenters. The lowest BCUT2D eigenvalue weighted by Crippen LogP contribution is -2.46. The van der Waals surface area contributed by atoms with E-state index < -0.39 is 15.4 Å². The zero-order valence-electron chi connectivity index (χ0n) is 14.2. The highest BCUT2D eigenvalue weighted by Crippen LogP contribution is 2.31. The average molecular weight is 367 g/mol. The van der Waals surface area contributed by atoms with Gasteiger partial charge in [0.15, 0.2) is 0 Å². The fraction of sp³-hybridized carbons (Fsp3) is 0.588. The summed E-state index contributed by atoms with van der Waals surface area (Å²) in [5.41, 5.74) is 5.78. The van der Waals surface area contributed by atoms with E-state index in [0.717, 1.165) is 12.8 Å². The highest BCUT2D eigenvalue weighted by molar-refractivity contribution is 7.89. The molecule has 2 aliphatic rings. The first-order valence-electron chi connectivity index (χ1n) is 8.64. The van der Waals surface area contributed by atoms with Crippen molar-refractivity contribution < 1.29 is 17.9 Å². The number of nitrogens with two attached hydrogens (primary N) is 1. The second-order valence-corrected chi connectivity index (χ2v) is 8.64. The number of nitrogens with one attached hydrogen (secondary N) is 2. The maximum absolute atomic E-state index is 12.6. The van der Waals surface area contributed by atoms with E-state index in [4.69, 9.17) is 10.5 Å². The van der Waals surface area contributed by atoms with Crippen molar-refractivity contribution in [3.8, 4) is 0 Å². The van der Waals surface area contributed by atoms with Crippen LogP contribution in [0.3, 0.4) is 0 Å². The summed E-state index contributed by atoms with van der Waals surface area (Å²) in [6, 6.07) is 6.22. The summed E-state index contributed by atoms with van der Waals surface area (Å²) in [6.45, 7) is 1.80. The lowest BCUT2D eigenvalue weighted by Gasteiger charge is -2.34. The molecule has 1 aliphatic carbocycles. The molecule has 7 nitrogen and oxygen atoms in total. The van der Waals surface area contributed by atoms with E-state index in [1.165, 1.54) is 12.1 Å². The first-order chi connectivity index (χ1) is 12.0. The maximum Gasteiger partial charge on any atom is 0.240 e. The second kappa shape index (κ2) is 7.41. The molecule has 1 aromatic rings. The van der Waals surface area contributed by atoms with Crippen LogP contribution in [0.15, 0.2) is 29.2 Å². The van der Waals surface area contributed by atoms with Crippen molar-refractivity contribution in [2.45, 2.75) is 30.6 Å². The van der Waals surface area contributed by atoms with Crippen molar-refractivity contribution in [2.24, 2.45) is 17.1 Å². The van der Waals surface area contributed by atoms with Crippen LogP contribution < -0.4 is 15.8 Å². The van der Waals surface area contributed by atoms with E-state index in [0.29, 0.717) is 44.2 Å². The van der Waals surface area contributed by atoms with Crippen molar-refractivity contribution >= 4 is 21.6 Å². The topological polar surface area (TPSA) is 111 Å². The number of ether oxygens (including phenoxy) is 1. The molecule has 0 spiro atoms. The number of hydrogen-bond acceptors (Lipinski definition) is 5. The quantitative estimate of drug-likeness (QED) is 0.668. The third-order valence-electron chi connectivity index (χ3n) is 5.00. The molecule has 4 N–H and O–H groups in total. The fourth-order valence-corrected chi connectivity index (χ4v) is 4.02. The van der Waals surface area contributed by atoms with Gasteiger partial charge in [0.25, 0.3) is 0 Å². The monoisotopic (exact) mass is 367 g/mol. The van der Waals surface area contributed by atoms with Crippen molar-refractivity contribution in [2.75, 3.05) is 31.6 Å². The molecule has 0 radical (unpaired) electrons. The molecule has 1 amide bonds. The predicted molar refractivity (Wildman–Crippen MR) is 94.5 cm³/mol. The Labute approximate surface area is 148 Å². The Morgan fingerprint density at radius 2 is 1.84 bits per heavy atom. The number of anilines is 1. The first kappa shape index (κ1) is 18.3. The van der Waals surface area contributed by atoms with Crippen LogP contribution in [0.25, 0.3) is 0 Å². The molecule has 1 aliphatic heterocycles. The summed E-state index contributed by atoms with van der Waals surface area (Å²) in [4.78, 5) is 12.8. The number of rotatable bonds is 7. The van der Waals surface area contributed by atoms with Gasteiger partial charge in [-0.15, -0.1) is 0 Å². The largest absolute Gasteiger partial charge is 0.381 e. The normalized spacial score (nSPS) is 20.2. The van der Waals surface area contributed by atoms with Gasteiger partial charge >= 0.3 is 0 Å². The van der Waals surface area contributed by atoms with Crippen LogP contribution in [0.1, 0.15) is 25.7 Å². The van der Waals surface area contributed by atoms with E-state index in [1.807, 2.05) is 0 Å². The molecule has 0 bridgehead atoms. The molecule has 138 valence electrons. The van der Waals surface area contributed by atoms with Gasteiger partial charge in [0.2, 0.25) is 15.9 Å². The number of benzene rings is 1. The summed E-state index contributed by atoms with van der Waals surface area (Å²) in [7, 11) is -3.50. The molecule has 25 heavy (non-hydrogen) atoms. The summed E-state index contributed by atoms with van der Waals surface area (Å²) in [6.07, 6.45) is 3.35. The van der Waals surface area contributed by atoms with Gasteiger partial charge in [0, 0.05) is 32.0 Å². The smallest absolute Gasteiger partial charge is 0.240 e. The highest BCUT2D eigenvalue weighted by atomic mass is 32.2. The van der Waals surface area contributed by atoms with Crippen LogP contribution in [0.5, 0.6) is 0 Å². The molecular formula is C17H25N3O4S. The van der Waals surface area contributed by atoms with Crippen molar-refractivity contribution in [3.05, 3.63) is 24.3 Å². The Morgan fingerprint density at radius 3 is 2.40 bits per heavy atom. The molecule has 2 fully saturated rings. The minimum Gasteiger partial charge on any atom is -0.381 e. The van der Waals surface area contributed by atoms with E-state index in [1.54, 1.807) is 12.1 Å². The van der Waals surface area contributed by atoms with E-state index >= 15 is 0 Å². The fourth-order valence-electron chi connectivity index (χ4n) is 2.90. The molecule has 8 heteroatoms. The standard InChI is InChI=1S/C17H25N3O4S/c18-12-17(7-9-24-10-8-17)16(21)20-14-3-5-15(6-4-14)25(22,23)19-11-13-1-2-13/h3-6,13,19H,1-2,7-12,18H2,(H,20,21). The van der Waals surface area contributed by atoms with Crippen LogP contribution in [-0.2, 0) is 19.6 Å². The van der Waals surface area contributed by atoms with Gasteiger partial charge in [-0.25, -0.2) is 13.1 Å². The van der Waals surface area contributed by atoms with Crippen LogP contribution >= 0.6 is 0 Å². The van der Waals surface area contributed by atoms with Gasteiger partial charge < -0.3 is 15.8 Å². The van der Waals surface area contributed by atoms with Gasteiger partial charge in [-0.3, -0.25) is 4.79 Å². The van der Waals surface area contributed by atoms with Gasteiger partial charge in [-0.1, -0.05) is 0 Å². The summed E-state index contributed by atoms with van der Waals surface area (Å²) >= 11 is 0. The zero-order valence-corrected chi connectivity index (χ0v) is 15.0. The Balaban J connectivity index is 1.64. The Morgan fingerprint density at radius 1 is 1.20 bits per heavy atom. The lowest BCUT2D eigenvalue weighted by molar-refractivity contribution is -0.130. The third kappa shape index (κ3) is 4.38. The average Bonchev–Trinajstić information content (AvgIpc) is 3.45. The van der Waals surface area contributed by atoms with E-state index in [-0.39, 0.29) is 17.3 Å². The van der Waals surface area contributed by atoms with Crippen LogP contribution in [0.4, 0.5) is 5.69 Å². The van der Waals surface area contributed by atoms with Gasteiger partial charge in [-0.2, -0.15) is 0 Å². The number of amides is 1. The predicted octanol–water partition coefficient (Wildman–Crippen LogP) is 1.07. The molecule has 1 heterocycles. The molecule has 3 rings (SSSR count). The second-order valence-electron chi connectivity index (χ2n) is 6.87. The molecule has 0 aromatic heterocycles. The number of carbonyl (C=O) groups excluding carboxylic acids is 1. The number of hydrogen-bond donors (Lipinski definition) is 3. The Kier molecular flexibility index (Phi) is 5.43. The van der Waals surface area contributed by atoms with Crippen molar-refractivity contribution in [3.63, 3.8) is 0 Å². The number of sulfonamides is 1. The summed E-state index contributed by atoms with van der Waals surface area (Å²) in [5.74, 6) is 0.334. The molecule has 1 aromatic carbocycles. The van der Waals surface area contributed by atoms with E-state index in [9.17, 15) is 13.2 Å². The maximum atomic E-state index is 12.6. The lowest BCUT2D eigenvalue weighted by atomic mass is 9.79. The summed E-state index contributed by atoms with van der Waals surface area (Å²) < 4.78 is 32.4. The Hall–Kier alpha value is -1.48. The minimum absolute atomic E-state index is 0.138. The SMILES string of the molecule is NCC1(C(=O)Nc2ccc(S(=O)(=O)NCC3CC3)cc2)CCOCC1. The molecule has 0 atom stereocenters. The van der Waals surface area contributed by atoms with Gasteiger partial charge in [0.05, 0.1) is 10.3 Å². The molecule has 1 saturated heterocycles. The van der Waals surface area contributed by atoms with Crippen molar-refractivity contribution in [1.29, 1.82) is 0 Å². The minimum atomic E-state index is -3.50. The zero-order chi connectivity index (χ0) is 17.9. The van der Waals surface area contributed by atoms with E-state index in [2.05, 4.69) is 10.0 Å². The molecule has 1 saturated carbocycles. The summed E-state index contributed by atoms with van der Waals surface area (Å²) in [5, 5.41) is 2.85. The molecular weight excluding hydrogens is 342 g/mol. The van der Waals surface area contributed by atoms with Gasteiger partial charge in [-0.05, 0) is 55.9 Å². The van der Waals surface area contributed by atoms with Crippen LogP contribution in [-0.4, -0.2) is 40.6 Å². The first-order valence-corrected chi connectivity index (χ1v) is 10.1. The van der Waals surface area contributed by atoms with Crippen LogP contribution in [0, 0.1) is 11.3 Å².